The van der Waals surface area contributed by atoms with E-state index in [9.17, 15) is 9.90 Å². The molecule has 30 heavy (non-hydrogen) atoms. The lowest BCUT2D eigenvalue weighted by molar-refractivity contribution is 0.0697. The van der Waals surface area contributed by atoms with E-state index in [4.69, 9.17) is 0 Å². The van der Waals surface area contributed by atoms with Crippen LogP contribution in [0.25, 0.3) is 27.7 Å². The van der Waals surface area contributed by atoms with E-state index < -0.39 is 5.97 Å². The van der Waals surface area contributed by atoms with E-state index in [1.165, 1.54) is 0 Å². The first-order valence-corrected chi connectivity index (χ1v) is 9.47. The number of aryl methyl sites for hydroxylation is 1. The second kappa shape index (κ2) is 7.04. The fourth-order valence-corrected chi connectivity index (χ4v) is 3.50. The molecule has 0 bridgehead atoms. The van der Waals surface area contributed by atoms with Gasteiger partial charge in [0.25, 0.3) is 0 Å². The molecule has 0 unspecified atom stereocenters. The standard InChI is InChI=1S/C23H17N5O2/c1-14-5-8-21-25-26-22(28(21)27-14)10-15-6-7-20-18(9-15)12-19(13-24-20)16-3-2-4-17(11-16)23(29)30/h2-9,11-13H,10H2,1H3,(H,29,30). The summed E-state index contributed by atoms with van der Waals surface area (Å²) >= 11 is 0. The Morgan fingerprint density at radius 3 is 2.77 bits per heavy atom. The highest BCUT2D eigenvalue weighted by Crippen LogP contribution is 2.25. The van der Waals surface area contributed by atoms with Crippen LogP contribution < -0.4 is 0 Å². The summed E-state index contributed by atoms with van der Waals surface area (Å²) in [5, 5.41) is 23.2. The molecule has 1 N–H and O–H groups in total. The van der Waals surface area contributed by atoms with Crippen LogP contribution in [0.15, 0.2) is 66.9 Å². The van der Waals surface area contributed by atoms with Gasteiger partial charge < -0.3 is 5.11 Å². The molecule has 0 saturated carbocycles. The maximum absolute atomic E-state index is 11.3. The molecule has 0 spiro atoms. The lowest BCUT2D eigenvalue weighted by atomic mass is 10.0. The quantitative estimate of drug-likeness (QED) is 0.495. The van der Waals surface area contributed by atoms with Gasteiger partial charge in [-0.15, -0.1) is 10.2 Å². The average molecular weight is 395 g/mol. The minimum absolute atomic E-state index is 0.253. The zero-order valence-corrected chi connectivity index (χ0v) is 16.1. The van der Waals surface area contributed by atoms with Gasteiger partial charge in [0.15, 0.2) is 11.5 Å². The number of carbonyl (C=O) groups is 1. The van der Waals surface area contributed by atoms with Crippen LogP contribution in [-0.4, -0.2) is 35.9 Å². The van der Waals surface area contributed by atoms with E-state index in [2.05, 4.69) is 26.3 Å². The first kappa shape index (κ1) is 17.9. The summed E-state index contributed by atoms with van der Waals surface area (Å²) in [6, 6.07) is 18.8. The zero-order chi connectivity index (χ0) is 20.7. The van der Waals surface area contributed by atoms with Crippen molar-refractivity contribution in [2.75, 3.05) is 0 Å². The number of carboxylic acid groups (broad SMARTS) is 1. The van der Waals surface area contributed by atoms with Crippen molar-refractivity contribution in [2.24, 2.45) is 0 Å². The van der Waals surface area contributed by atoms with Gasteiger partial charge in [-0.2, -0.15) is 9.61 Å². The Labute approximate surface area is 171 Å². The average Bonchev–Trinajstić information content (AvgIpc) is 3.15. The van der Waals surface area contributed by atoms with Crippen LogP contribution in [0.4, 0.5) is 0 Å². The van der Waals surface area contributed by atoms with Crippen molar-refractivity contribution in [1.82, 2.24) is 24.8 Å². The van der Waals surface area contributed by atoms with Gasteiger partial charge in [-0.25, -0.2) is 4.79 Å². The minimum atomic E-state index is -0.947. The molecular weight excluding hydrogens is 378 g/mol. The summed E-state index contributed by atoms with van der Waals surface area (Å²) in [5.74, 6) is -0.177. The van der Waals surface area contributed by atoms with Crippen molar-refractivity contribution in [2.45, 2.75) is 13.3 Å². The van der Waals surface area contributed by atoms with E-state index in [1.807, 2.05) is 43.3 Å². The Morgan fingerprint density at radius 1 is 1.00 bits per heavy atom. The number of hydrogen-bond donors (Lipinski definition) is 1. The van der Waals surface area contributed by atoms with E-state index in [1.54, 1.807) is 28.9 Å². The monoisotopic (exact) mass is 395 g/mol. The van der Waals surface area contributed by atoms with Crippen molar-refractivity contribution in [3.05, 3.63) is 89.5 Å². The zero-order valence-electron chi connectivity index (χ0n) is 16.1. The normalized spacial score (nSPS) is 11.2. The second-order valence-corrected chi connectivity index (χ2v) is 7.17. The third-order valence-corrected chi connectivity index (χ3v) is 5.01. The van der Waals surface area contributed by atoms with Crippen LogP contribution in [0.3, 0.4) is 0 Å². The van der Waals surface area contributed by atoms with Gasteiger partial charge >= 0.3 is 5.97 Å². The molecule has 5 rings (SSSR count). The SMILES string of the molecule is Cc1ccc2nnc(Cc3ccc4ncc(-c5cccc(C(=O)O)c5)cc4c3)n2n1. The third-order valence-electron chi connectivity index (χ3n) is 5.01. The Kier molecular flexibility index (Phi) is 4.21. The van der Waals surface area contributed by atoms with E-state index in [-0.39, 0.29) is 5.56 Å². The molecule has 7 heteroatoms. The van der Waals surface area contributed by atoms with Crippen molar-refractivity contribution >= 4 is 22.5 Å². The molecular formula is C23H17N5O2. The van der Waals surface area contributed by atoms with Crippen LogP contribution in [0.1, 0.15) is 27.4 Å². The number of nitrogens with zero attached hydrogens (tertiary/aromatic N) is 5. The molecule has 0 fully saturated rings. The Balaban J connectivity index is 1.52. The molecule has 0 amide bonds. The number of rotatable bonds is 4. The van der Waals surface area contributed by atoms with Gasteiger partial charge in [0, 0.05) is 23.6 Å². The molecule has 146 valence electrons. The highest BCUT2D eigenvalue weighted by Gasteiger charge is 2.10. The third kappa shape index (κ3) is 3.26. The van der Waals surface area contributed by atoms with Crippen molar-refractivity contribution in [3.8, 4) is 11.1 Å². The van der Waals surface area contributed by atoms with Gasteiger partial charge in [0.1, 0.15) is 0 Å². The van der Waals surface area contributed by atoms with Gasteiger partial charge in [-0.1, -0.05) is 18.2 Å². The van der Waals surface area contributed by atoms with Crippen LogP contribution in [0.5, 0.6) is 0 Å². The van der Waals surface area contributed by atoms with Crippen molar-refractivity contribution < 1.29 is 9.90 Å². The molecule has 3 aromatic heterocycles. The minimum Gasteiger partial charge on any atom is -0.478 e. The predicted molar refractivity (Wildman–Crippen MR) is 112 cm³/mol. The first-order chi connectivity index (χ1) is 14.6. The molecule has 5 aromatic rings. The van der Waals surface area contributed by atoms with Crippen LogP contribution in [0, 0.1) is 6.92 Å². The summed E-state index contributed by atoms with van der Waals surface area (Å²) < 4.78 is 1.77. The molecule has 7 nitrogen and oxygen atoms in total. The number of aromatic nitrogens is 5. The molecule has 2 aromatic carbocycles. The van der Waals surface area contributed by atoms with Gasteiger partial charge in [0.05, 0.1) is 16.8 Å². The highest BCUT2D eigenvalue weighted by molar-refractivity contribution is 5.90. The summed E-state index contributed by atoms with van der Waals surface area (Å²) in [5.41, 5.74) is 5.50. The van der Waals surface area contributed by atoms with Crippen molar-refractivity contribution in [3.63, 3.8) is 0 Å². The number of fused-ring (bicyclic) bond motifs is 2. The van der Waals surface area contributed by atoms with E-state index in [0.29, 0.717) is 6.42 Å². The van der Waals surface area contributed by atoms with Crippen LogP contribution in [0.2, 0.25) is 0 Å². The Bertz CT molecular complexity index is 1420. The predicted octanol–water partition coefficient (Wildman–Crippen LogP) is 3.94. The van der Waals surface area contributed by atoms with Gasteiger partial charge in [0.2, 0.25) is 0 Å². The lowest BCUT2D eigenvalue weighted by Crippen LogP contribution is -2.01. The summed E-state index contributed by atoms with van der Waals surface area (Å²) in [6.07, 6.45) is 2.36. The molecule has 0 aliphatic heterocycles. The Hall–Kier alpha value is -4.13. The number of carboxylic acids is 1. The molecule has 0 saturated heterocycles. The molecule has 3 heterocycles. The Morgan fingerprint density at radius 2 is 1.90 bits per heavy atom. The summed E-state index contributed by atoms with van der Waals surface area (Å²) in [6.45, 7) is 1.94. The number of benzene rings is 2. The maximum Gasteiger partial charge on any atom is 0.335 e. The maximum atomic E-state index is 11.3. The van der Waals surface area contributed by atoms with E-state index in [0.717, 1.165) is 44.8 Å². The first-order valence-electron chi connectivity index (χ1n) is 9.47. The molecule has 0 aliphatic carbocycles. The number of hydrogen-bond acceptors (Lipinski definition) is 5. The van der Waals surface area contributed by atoms with Crippen LogP contribution >= 0.6 is 0 Å². The second-order valence-electron chi connectivity index (χ2n) is 7.17. The summed E-state index contributed by atoms with van der Waals surface area (Å²) in [4.78, 5) is 15.8. The smallest absolute Gasteiger partial charge is 0.335 e. The highest BCUT2D eigenvalue weighted by atomic mass is 16.4. The number of pyridine rings is 1. The molecule has 0 radical (unpaired) electrons. The van der Waals surface area contributed by atoms with Crippen molar-refractivity contribution in [1.29, 1.82) is 0 Å². The number of aromatic carboxylic acids is 1. The summed E-state index contributed by atoms with van der Waals surface area (Å²) in [7, 11) is 0. The molecule has 0 aliphatic rings. The fraction of sp³-hybridized carbons (Fsp3) is 0.0870. The van der Waals surface area contributed by atoms with Gasteiger partial charge in [-0.3, -0.25) is 4.98 Å². The van der Waals surface area contributed by atoms with Crippen LogP contribution in [-0.2, 0) is 6.42 Å². The fourth-order valence-electron chi connectivity index (χ4n) is 3.50. The topological polar surface area (TPSA) is 93.3 Å². The lowest BCUT2D eigenvalue weighted by Gasteiger charge is -2.07. The van der Waals surface area contributed by atoms with Gasteiger partial charge in [-0.05, 0) is 60.5 Å². The molecule has 0 atom stereocenters. The largest absolute Gasteiger partial charge is 0.478 e. The van der Waals surface area contributed by atoms with E-state index >= 15 is 0 Å².